The molecule has 11 heavy (non-hydrogen) atoms. The molecule has 0 nitrogen and oxygen atoms in total. The summed E-state index contributed by atoms with van der Waals surface area (Å²) in [6, 6.07) is 0. The van der Waals surface area contributed by atoms with Gasteiger partial charge in [0.2, 0.25) is 0 Å². The molecule has 0 amide bonds. The van der Waals surface area contributed by atoms with E-state index in [1.165, 1.54) is 35.5 Å². The van der Waals surface area contributed by atoms with Gasteiger partial charge in [-0.25, -0.2) is 0 Å². The first-order chi connectivity index (χ1) is 5.22. The molecule has 6 aliphatic rings. The topological polar surface area (TPSA) is 0 Å². The van der Waals surface area contributed by atoms with Crippen LogP contribution in [0, 0.1) is 35.5 Å². The second kappa shape index (κ2) is 1.19. The van der Waals surface area contributed by atoms with Crippen molar-refractivity contribution in [2.75, 3.05) is 0 Å². The van der Waals surface area contributed by atoms with Crippen LogP contribution in [-0.2, 0) is 0 Å². The van der Waals surface area contributed by atoms with E-state index in [9.17, 15) is 0 Å². The molecule has 0 radical (unpaired) electrons. The van der Waals surface area contributed by atoms with Gasteiger partial charge in [-0.3, -0.25) is 0 Å². The minimum absolute atomic E-state index is 0.842. The highest BCUT2D eigenvalue weighted by Gasteiger charge is 3.03. The minimum Gasteiger partial charge on any atom is -0.0767 e. The molecule has 6 atom stereocenters. The van der Waals surface area contributed by atoms with Crippen molar-refractivity contribution in [1.29, 1.82) is 0 Å². The zero-order valence-electron chi connectivity index (χ0n) is 5.93. The predicted molar refractivity (Wildman–Crippen MR) is 59.1 cm³/mol. The number of hydrogen-bond donors (Lipinski definition) is 0. The smallest absolute Gasteiger partial charge is 0.0441 e. The molecule has 6 fully saturated rings. The van der Waals surface area contributed by atoms with Gasteiger partial charge in [0.15, 0.2) is 0 Å². The quantitative estimate of drug-likeness (QED) is 0.454. The molecular weight excluding hydrogens is 362 g/mol. The lowest BCUT2D eigenvalue weighted by Gasteiger charge is -2.10. The van der Waals surface area contributed by atoms with Crippen LogP contribution in [-0.4, -0.2) is 6.84 Å². The molecule has 0 heterocycles. The molecule has 0 saturated heterocycles. The fraction of sp³-hybridized carbons (Fsp3) is 1.00. The second-order valence-corrected chi connectivity index (χ2v) is 8.77. The van der Waals surface area contributed by atoms with Crippen molar-refractivity contribution < 1.29 is 0 Å². The summed E-state index contributed by atoms with van der Waals surface area (Å²) >= 11 is 5.66. The molecule has 2 bridgehead atoms. The Morgan fingerprint density at radius 3 is 1.36 bits per heavy atom. The molecule has 6 saturated carbocycles. The molecule has 58 valence electrons. The van der Waals surface area contributed by atoms with E-state index in [2.05, 4.69) is 45.2 Å². The van der Waals surface area contributed by atoms with Crippen LogP contribution in [0.1, 0.15) is 6.42 Å². The minimum atomic E-state index is 0.842. The second-order valence-electron chi connectivity index (χ2n) is 5.20. The van der Waals surface area contributed by atoms with Gasteiger partial charge in [-0.15, -0.1) is 0 Å². The van der Waals surface area contributed by atoms with Crippen LogP contribution in [0.4, 0.5) is 0 Å². The predicted octanol–water partition coefficient (Wildman–Crippen LogP) is 2.49. The average molecular weight is 370 g/mol. The van der Waals surface area contributed by atoms with Gasteiger partial charge in [0.25, 0.3) is 0 Å². The Balaban J connectivity index is 1.96. The maximum absolute atomic E-state index is 2.83. The lowest BCUT2D eigenvalue weighted by molar-refractivity contribution is 0.434. The van der Waals surface area contributed by atoms with Crippen LogP contribution in [0.25, 0.3) is 0 Å². The van der Waals surface area contributed by atoms with Crippen molar-refractivity contribution >= 4 is 45.2 Å². The molecule has 0 aromatic rings. The van der Waals surface area contributed by atoms with Gasteiger partial charge >= 0.3 is 0 Å². The van der Waals surface area contributed by atoms with Gasteiger partial charge in [0, 0.05) is 6.84 Å². The zero-order valence-corrected chi connectivity index (χ0v) is 10.2. The molecule has 0 aromatic heterocycles. The molecule has 2 unspecified atom stereocenters. The molecule has 0 N–H and O–H groups in total. The number of alkyl halides is 2. The van der Waals surface area contributed by atoms with Gasteiger partial charge in [-0.05, 0) is 41.9 Å². The summed E-state index contributed by atoms with van der Waals surface area (Å²) in [6.07, 6.45) is 1.64. The molecule has 0 spiro atoms. The fourth-order valence-electron chi connectivity index (χ4n) is 5.50. The standard InChI is InChI=1S/C9H8I2/c10-8-4-2-1-3(6(4)8)7-5(2)9(7,8)11/h2-7H,1H2/t2?,3?,4-,5+,6-,7+,8?,9?. The van der Waals surface area contributed by atoms with Crippen LogP contribution < -0.4 is 0 Å². The van der Waals surface area contributed by atoms with Crippen LogP contribution in [0.2, 0.25) is 0 Å². The van der Waals surface area contributed by atoms with E-state index < -0.39 is 0 Å². The van der Waals surface area contributed by atoms with Crippen molar-refractivity contribution in [3.05, 3.63) is 0 Å². The summed E-state index contributed by atoms with van der Waals surface area (Å²) < 4.78 is 1.68. The molecule has 6 aliphatic carbocycles. The van der Waals surface area contributed by atoms with E-state index in [1.54, 1.807) is 6.42 Å². The van der Waals surface area contributed by atoms with Crippen molar-refractivity contribution in [2.24, 2.45) is 35.5 Å². The fourth-order valence-corrected chi connectivity index (χ4v) is 9.97. The number of halogens is 2. The van der Waals surface area contributed by atoms with Crippen molar-refractivity contribution in [2.45, 2.75) is 13.3 Å². The Kier molecular flexibility index (Phi) is 0.653. The van der Waals surface area contributed by atoms with Gasteiger partial charge in [0.1, 0.15) is 0 Å². The number of rotatable bonds is 0. The Labute approximate surface area is 93.2 Å². The first kappa shape index (κ1) is 6.04. The molecule has 0 aromatic carbocycles. The van der Waals surface area contributed by atoms with Crippen LogP contribution in [0.5, 0.6) is 0 Å². The van der Waals surface area contributed by atoms with E-state index in [0.29, 0.717) is 0 Å². The first-order valence-corrected chi connectivity index (χ1v) is 6.76. The average Bonchev–Trinajstić information content (AvgIpc) is 2.66. The van der Waals surface area contributed by atoms with E-state index in [0.717, 1.165) is 6.84 Å². The van der Waals surface area contributed by atoms with Crippen molar-refractivity contribution in [3.8, 4) is 0 Å². The lowest BCUT2D eigenvalue weighted by Crippen LogP contribution is -2.16. The summed E-state index contributed by atoms with van der Waals surface area (Å²) in [6.45, 7) is 0. The summed E-state index contributed by atoms with van der Waals surface area (Å²) in [4.78, 5) is 0. The lowest BCUT2D eigenvalue weighted by atomic mass is 10.0. The largest absolute Gasteiger partial charge is 0.0767 e. The third-order valence-electron chi connectivity index (χ3n) is 5.47. The van der Waals surface area contributed by atoms with Crippen LogP contribution in [0.3, 0.4) is 0 Å². The third kappa shape index (κ3) is 0.300. The normalized spacial score (nSPS) is 96.5. The summed E-state index contributed by atoms with van der Waals surface area (Å²) in [5.41, 5.74) is 0. The first-order valence-electron chi connectivity index (χ1n) is 4.60. The van der Waals surface area contributed by atoms with Crippen molar-refractivity contribution in [1.82, 2.24) is 0 Å². The van der Waals surface area contributed by atoms with Crippen molar-refractivity contribution in [3.63, 3.8) is 0 Å². The highest BCUT2D eigenvalue weighted by molar-refractivity contribution is 14.1. The maximum Gasteiger partial charge on any atom is 0.0441 e. The van der Waals surface area contributed by atoms with Gasteiger partial charge in [-0.2, -0.15) is 0 Å². The Morgan fingerprint density at radius 1 is 0.818 bits per heavy atom. The van der Waals surface area contributed by atoms with E-state index in [-0.39, 0.29) is 0 Å². The van der Waals surface area contributed by atoms with Crippen LogP contribution in [0.15, 0.2) is 0 Å². The molecule has 6 rings (SSSR count). The highest BCUT2D eigenvalue weighted by Crippen LogP contribution is 3.02. The number of hydrogen-bond acceptors (Lipinski definition) is 0. The Morgan fingerprint density at radius 2 is 1.18 bits per heavy atom. The third-order valence-corrected chi connectivity index (χ3v) is 11.2. The molecule has 2 heteroatoms. The zero-order chi connectivity index (χ0) is 7.17. The summed E-state index contributed by atoms with van der Waals surface area (Å²) in [5, 5.41) is 0. The maximum atomic E-state index is 2.83. The van der Waals surface area contributed by atoms with E-state index >= 15 is 0 Å². The van der Waals surface area contributed by atoms with E-state index in [1.807, 2.05) is 0 Å². The van der Waals surface area contributed by atoms with Crippen LogP contribution >= 0.6 is 45.2 Å². The van der Waals surface area contributed by atoms with E-state index in [4.69, 9.17) is 0 Å². The van der Waals surface area contributed by atoms with Gasteiger partial charge < -0.3 is 0 Å². The molecule has 0 aliphatic heterocycles. The highest BCUT2D eigenvalue weighted by atomic mass is 127. The summed E-state index contributed by atoms with van der Waals surface area (Å²) in [7, 11) is 0. The van der Waals surface area contributed by atoms with Gasteiger partial charge in [0.05, 0.1) is 0 Å². The Hall–Kier alpha value is 1.46. The molecular formula is C9H8I2. The SMILES string of the molecule is IC12[C@@H]3C4CC([C@H]31)[C@H]1[C@H]4C12I. The monoisotopic (exact) mass is 370 g/mol. The Bertz CT molecular complexity index is 247. The summed E-state index contributed by atoms with van der Waals surface area (Å²) in [5.74, 6) is 7.26. The van der Waals surface area contributed by atoms with Gasteiger partial charge in [-0.1, -0.05) is 45.2 Å².